The normalized spacial score (nSPS) is 11.9. The zero-order chi connectivity index (χ0) is 10.9. The predicted octanol–water partition coefficient (Wildman–Crippen LogP) is 3.72. The maximum atomic E-state index is 12.8. The van der Waals surface area contributed by atoms with Gasteiger partial charge in [0, 0.05) is 5.88 Å². The van der Waals surface area contributed by atoms with Gasteiger partial charge >= 0.3 is 6.18 Å². The summed E-state index contributed by atoms with van der Waals surface area (Å²) in [6, 6.07) is 1.14. The highest BCUT2D eigenvalue weighted by Gasteiger charge is 2.37. The van der Waals surface area contributed by atoms with Gasteiger partial charge in [-0.15, -0.1) is 11.6 Å². The molecule has 0 spiro atoms. The molecule has 0 aliphatic rings. The minimum atomic E-state index is -5.03. The molecule has 14 heavy (non-hydrogen) atoms. The first-order valence-electron chi connectivity index (χ1n) is 3.47. The van der Waals surface area contributed by atoms with Crippen molar-refractivity contribution < 1.29 is 22.0 Å². The van der Waals surface area contributed by atoms with Crippen LogP contribution in [0.15, 0.2) is 12.1 Å². The molecule has 0 N–H and O–H groups in total. The van der Waals surface area contributed by atoms with Crippen LogP contribution >= 0.6 is 11.6 Å². The van der Waals surface area contributed by atoms with Crippen LogP contribution in [0.1, 0.15) is 11.1 Å². The van der Waals surface area contributed by atoms with Crippen LogP contribution in [0.2, 0.25) is 0 Å². The van der Waals surface area contributed by atoms with Crippen LogP contribution in [-0.4, -0.2) is 0 Å². The Labute approximate surface area is 81.3 Å². The number of hydrogen-bond acceptors (Lipinski definition) is 0. The molecule has 0 fully saturated rings. The molecular weight excluding hydrogens is 227 g/mol. The van der Waals surface area contributed by atoms with Crippen molar-refractivity contribution in [3.63, 3.8) is 0 Å². The summed E-state index contributed by atoms with van der Waals surface area (Å²) in [6.45, 7) is 0. The highest BCUT2D eigenvalue weighted by Crippen LogP contribution is 2.34. The minimum absolute atomic E-state index is 0.0327. The Morgan fingerprint density at radius 1 is 1.07 bits per heavy atom. The van der Waals surface area contributed by atoms with Gasteiger partial charge in [0.2, 0.25) is 0 Å². The lowest BCUT2D eigenvalue weighted by Crippen LogP contribution is -2.11. The first kappa shape index (κ1) is 11.2. The van der Waals surface area contributed by atoms with Gasteiger partial charge in [-0.3, -0.25) is 0 Å². The molecule has 0 aliphatic heterocycles. The van der Waals surface area contributed by atoms with Crippen molar-refractivity contribution in [1.29, 1.82) is 0 Å². The largest absolute Gasteiger partial charge is 0.422 e. The second-order valence-corrected chi connectivity index (χ2v) is 2.83. The van der Waals surface area contributed by atoms with E-state index in [-0.39, 0.29) is 11.4 Å². The van der Waals surface area contributed by atoms with Gasteiger partial charge in [-0.25, -0.2) is 8.78 Å². The Kier molecular flexibility index (Phi) is 2.99. The minimum Gasteiger partial charge on any atom is -0.206 e. The summed E-state index contributed by atoms with van der Waals surface area (Å²) >= 11 is 5.22. The van der Waals surface area contributed by atoms with Crippen LogP contribution in [0, 0.1) is 11.6 Å². The summed E-state index contributed by atoms with van der Waals surface area (Å²) in [5.74, 6) is -3.53. The number of rotatable bonds is 1. The van der Waals surface area contributed by atoms with E-state index in [1.807, 2.05) is 0 Å². The fraction of sp³-hybridized carbons (Fsp3) is 0.250. The van der Waals surface area contributed by atoms with Crippen LogP contribution in [0.3, 0.4) is 0 Å². The summed E-state index contributed by atoms with van der Waals surface area (Å²) in [4.78, 5) is 0. The van der Waals surface area contributed by atoms with Gasteiger partial charge in [0.05, 0.1) is 0 Å². The van der Waals surface area contributed by atoms with E-state index < -0.39 is 23.4 Å². The third-order valence-electron chi connectivity index (χ3n) is 1.54. The van der Waals surface area contributed by atoms with Gasteiger partial charge in [0.15, 0.2) is 0 Å². The summed E-state index contributed by atoms with van der Waals surface area (Å²) in [5, 5.41) is 0. The molecule has 0 nitrogen and oxygen atoms in total. The lowest BCUT2D eigenvalue weighted by molar-refractivity contribution is -0.142. The van der Waals surface area contributed by atoms with E-state index >= 15 is 0 Å². The van der Waals surface area contributed by atoms with Gasteiger partial charge in [0.25, 0.3) is 0 Å². The monoisotopic (exact) mass is 230 g/mol. The highest BCUT2D eigenvalue weighted by molar-refractivity contribution is 6.17. The second-order valence-electron chi connectivity index (χ2n) is 2.57. The van der Waals surface area contributed by atoms with Crippen molar-refractivity contribution >= 4 is 11.6 Å². The molecule has 78 valence electrons. The van der Waals surface area contributed by atoms with Gasteiger partial charge in [-0.1, -0.05) is 0 Å². The van der Waals surface area contributed by atoms with Gasteiger partial charge < -0.3 is 0 Å². The third kappa shape index (κ3) is 2.15. The highest BCUT2D eigenvalue weighted by atomic mass is 35.5. The lowest BCUT2D eigenvalue weighted by atomic mass is 10.1. The smallest absolute Gasteiger partial charge is 0.206 e. The number of benzene rings is 1. The number of hydrogen-bond donors (Lipinski definition) is 0. The van der Waals surface area contributed by atoms with E-state index in [1.54, 1.807) is 0 Å². The molecule has 0 unspecified atom stereocenters. The van der Waals surface area contributed by atoms with Gasteiger partial charge in [0.1, 0.15) is 17.2 Å². The Hall–Kier alpha value is -0.840. The van der Waals surface area contributed by atoms with Gasteiger partial charge in [-0.05, 0) is 17.7 Å². The molecule has 1 aromatic rings. The van der Waals surface area contributed by atoms with E-state index in [2.05, 4.69) is 0 Å². The Morgan fingerprint density at radius 2 is 1.50 bits per heavy atom. The zero-order valence-electron chi connectivity index (χ0n) is 6.63. The second kappa shape index (κ2) is 3.73. The van der Waals surface area contributed by atoms with Crippen molar-refractivity contribution in [3.05, 3.63) is 34.9 Å². The van der Waals surface area contributed by atoms with Crippen LogP contribution < -0.4 is 0 Å². The molecule has 1 aromatic carbocycles. The molecule has 0 amide bonds. The fourth-order valence-electron chi connectivity index (χ4n) is 0.974. The number of halogens is 6. The van der Waals surface area contributed by atoms with Crippen molar-refractivity contribution in [1.82, 2.24) is 0 Å². The van der Waals surface area contributed by atoms with Crippen LogP contribution in [0.25, 0.3) is 0 Å². The molecule has 0 saturated carbocycles. The Balaban J connectivity index is 3.33. The zero-order valence-corrected chi connectivity index (χ0v) is 7.39. The molecular formula is C8H4ClF5. The maximum absolute atomic E-state index is 12.8. The standard InChI is InChI=1S/C8H4ClF5/c9-3-4-1-5(10)7(6(11)2-4)8(12,13)14/h1-2H,3H2. The van der Waals surface area contributed by atoms with Crippen LogP contribution in [-0.2, 0) is 12.1 Å². The van der Waals surface area contributed by atoms with E-state index in [1.165, 1.54) is 0 Å². The molecule has 0 aromatic heterocycles. The Bertz CT molecular complexity index is 321. The maximum Gasteiger partial charge on any atom is 0.422 e. The average Bonchev–Trinajstić information content (AvgIpc) is 1.99. The molecule has 0 saturated heterocycles. The summed E-state index contributed by atoms with van der Waals surface area (Å²) < 4.78 is 61.6. The first-order chi connectivity index (χ1) is 6.36. The molecule has 1 rings (SSSR count). The first-order valence-corrected chi connectivity index (χ1v) is 4.00. The SMILES string of the molecule is Fc1cc(CCl)cc(F)c1C(F)(F)F. The summed E-state index contributed by atoms with van der Waals surface area (Å²) in [7, 11) is 0. The molecule has 0 atom stereocenters. The van der Waals surface area contributed by atoms with Crippen molar-refractivity contribution in [2.45, 2.75) is 12.1 Å². The molecule has 0 aliphatic carbocycles. The van der Waals surface area contributed by atoms with Crippen LogP contribution in [0.4, 0.5) is 22.0 Å². The van der Waals surface area contributed by atoms with E-state index in [0.29, 0.717) is 12.1 Å². The van der Waals surface area contributed by atoms with E-state index in [4.69, 9.17) is 11.6 Å². The van der Waals surface area contributed by atoms with Gasteiger partial charge in [-0.2, -0.15) is 13.2 Å². The molecule has 0 heterocycles. The fourth-order valence-corrected chi connectivity index (χ4v) is 1.13. The lowest BCUT2D eigenvalue weighted by Gasteiger charge is -2.09. The van der Waals surface area contributed by atoms with Crippen molar-refractivity contribution in [2.75, 3.05) is 0 Å². The van der Waals surface area contributed by atoms with Crippen molar-refractivity contribution in [2.24, 2.45) is 0 Å². The topological polar surface area (TPSA) is 0 Å². The quantitative estimate of drug-likeness (QED) is 0.509. The predicted molar refractivity (Wildman–Crippen MR) is 40.9 cm³/mol. The number of alkyl halides is 4. The van der Waals surface area contributed by atoms with E-state index in [9.17, 15) is 22.0 Å². The molecule has 0 radical (unpaired) electrons. The third-order valence-corrected chi connectivity index (χ3v) is 1.85. The Morgan fingerprint density at radius 3 is 1.79 bits per heavy atom. The summed E-state index contributed by atoms with van der Waals surface area (Å²) in [6.07, 6.45) is -5.03. The molecule has 0 bridgehead atoms. The molecule has 6 heteroatoms. The van der Waals surface area contributed by atoms with Crippen molar-refractivity contribution in [3.8, 4) is 0 Å². The summed E-state index contributed by atoms with van der Waals surface area (Å²) in [5.41, 5.74) is -1.92. The van der Waals surface area contributed by atoms with E-state index in [0.717, 1.165) is 0 Å². The van der Waals surface area contributed by atoms with Crippen LogP contribution in [0.5, 0.6) is 0 Å². The average molecular weight is 231 g/mol.